The summed E-state index contributed by atoms with van der Waals surface area (Å²) < 4.78 is 8.14. The number of hydrogen-bond donors (Lipinski definition) is 1. The number of aryl methyl sites for hydroxylation is 1. The smallest absolute Gasteiger partial charge is 0.332 e. The van der Waals surface area contributed by atoms with E-state index in [1.165, 1.54) is 23.4 Å². The molecule has 0 radical (unpaired) electrons. The van der Waals surface area contributed by atoms with Gasteiger partial charge >= 0.3 is 5.69 Å². The molecule has 0 saturated carbocycles. The average molecular weight is 436 g/mol. The normalized spacial score (nSPS) is 17.6. The Kier molecular flexibility index (Phi) is 6.97. The van der Waals surface area contributed by atoms with Gasteiger partial charge in [-0.25, -0.2) is 14.8 Å². The zero-order chi connectivity index (χ0) is 22.0. The van der Waals surface area contributed by atoms with Crippen molar-refractivity contribution >= 4 is 28.7 Å². The summed E-state index contributed by atoms with van der Waals surface area (Å²) in [7, 11) is 1.45. The molecule has 0 spiro atoms. The first-order valence-electron chi connectivity index (χ1n) is 10.2. The molecule has 1 amide bonds. The summed E-state index contributed by atoms with van der Waals surface area (Å²) in [5.74, 6) is 0.492. The van der Waals surface area contributed by atoms with E-state index in [2.05, 4.69) is 15.3 Å². The van der Waals surface area contributed by atoms with E-state index in [1.54, 1.807) is 13.8 Å². The van der Waals surface area contributed by atoms with E-state index >= 15 is 0 Å². The van der Waals surface area contributed by atoms with Crippen molar-refractivity contribution in [3.05, 3.63) is 26.7 Å². The highest BCUT2D eigenvalue weighted by Crippen LogP contribution is 2.26. The van der Waals surface area contributed by atoms with Crippen molar-refractivity contribution in [3.8, 4) is 0 Å². The van der Waals surface area contributed by atoms with Crippen LogP contribution in [0.3, 0.4) is 0 Å². The van der Waals surface area contributed by atoms with Crippen LogP contribution in [0.25, 0.3) is 11.0 Å². The molecule has 3 rings (SSSR count). The summed E-state index contributed by atoms with van der Waals surface area (Å²) >= 11 is 1.20. The number of nitrogens with one attached hydrogen (secondary N) is 1. The number of aromatic nitrogens is 4. The molecule has 1 fully saturated rings. The van der Waals surface area contributed by atoms with Crippen LogP contribution in [-0.4, -0.2) is 49.5 Å². The van der Waals surface area contributed by atoms with Gasteiger partial charge in [0.2, 0.25) is 5.91 Å². The largest absolute Gasteiger partial charge is 0.376 e. The van der Waals surface area contributed by atoms with Crippen LogP contribution in [0.5, 0.6) is 0 Å². The van der Waals surface area contributed by atoms with Gasteiger partial charge in [-0.2, -0.15) is 0 Å². The summed E-state index contributed by atoms with van der Waals surface area (Å²) in [5.41, 5.74) is -0.541. The SMILES string of the molecule is Cc1nc(S[C@@H](C)C(=O)NC[C@H]2CCCO2)c2c(=O)n(C)c(=O)n(CC(C)C)c2n1. The summed E-state index contributed by atoms with van der Waals surface area (Å²) in [6.45, 7) is 9.12. The van der Waals surface area contributed by atoms with Crippen LogP contribution < -0.4 is 16.6 Å². The highest BCUT2D eigenvalue weighted by atomic mass is 32.2. The summed E-state index contributed by atoms with van der Waals surface area (Å²) in [6, 6.07) is 0. The number of thioether (sulfide) groups is 1. The molecule has 1 aliphatic rings. The minimum atomic E-state index is -0.473. The number of carbonyl (C=O) groups excluding carboxylic acids is 1. The zero-order valence-corrected chi connectivity index (χ0v) is 18.9. The van der Waals surface area contributed by atoms with Gasteiger partial charge in [0, 0.05) is 26.7 Å². The molecule has 2 aromatic heterocycles. The number of amides is 1. The quantitative estimate of drug-likeness (QED) is 0.515. The van der Waals surface area contributed by atoms with Crippen LogP contribution in [0.15, 0.2) is 14.6 Å². The number of nitrogens with zero attached hydrogens (tertiary/aromatic N) is 4. The van der Waals surface area contributed by atoms with Gasteiger partial charge < -0.3 is 10.1 Å². The molecule has 0 aromatic carbocycles. The van der Waals surface area contributed by atoms with Crippen LogP contribution in [0, 0.1) is 12.8 Å². The number of hydrogen-bond acceptors (Lipinski definition) is 7. The van der Waals surface area contributed by atoms with Gasteiger partial charge in [-0.05, 0) is 32.6 Å². The van der Waals surface area contributed by atoms with Crippen molar-refractivity contribution in [2.75, 3.05) is 13.2 Å². The van der Waals surface area contributed by atoms with Crippen molar-refractivity contribution in [1.82, 2.24) is 24.4 Å². The number of fused-ring (bicyclic) bond motifs is 1. The maximum absolute atomic E-state index is 12.9. The number of carbonyl (C=O) groups is 1. The van der Waals surface area contributed by atoms with Crippen LogP contribution in [-0.2, 0) is 23.1 Å². The van der Waals surface area contributed by atoms with Gasteiger partial charge in [0.25, 0.3) is 5.56 Å². The summed E-state index contributed by atoms with van der Waals surface area (Å²) in [4.78, 5) is 47.0. The Morgan fingerprint density at radius 1 is 1.30 bits per heavy atom. The average Bonchev–Trinajstić information content (AvgIpc) is 3.20. The predicted molar refractivity (Wildman–Crippen MR) is 116 cm³/mol. The molecule has 0 aliphatic carbocycles. The van der Waals surface area contributed by atoms with Crippen molar-refractivity contribution in [2.45, 2.75) is 63.5 Å². The molecule has 1 N–H and O–H groups in total. The standard InChI is InChI=1S/C20H29N5O4S/c1-11(2)10-25-16-15(19(27)24(5)20(25)28)18(23-13(4)22-16)30-12(3)17(26)21-9-14-7-6-8-29-14/h11-12,14H,6-10H2,1-5H3,(H,21,26)/t12-,14+/m0/s1. The molecule has 0 unspecified atom stereocenters. The van der Waals surface area contributed by atoms with E-state index in [0.29, 0.717) is 29.6 Å². The highest BCUT2D eigenvalue weighted by Gasteiger charge is 2.23. The third kappa shape index (κ3) is 4.75. The van der Waals surface area contributed by atoms with Gasteiger partial charge in [0.15, 0.2) is 5.65 Å². The molecule has 10 heteroatoms. The van der Waals surface area contributed by atoms with Gasteiger partial charge in [-0.3, -0.25) is 18.7 Å². The molecule has 9 nitrogen and oxygen atoms in total. The molecule has 2 aromatic rings. The van der Waals surface area contributed by atoms with Crippen molar-refractivity contribution < 1.29 is 9.53 Å². The Morgan fingerprint density at radius 3 is 2.67 bits per heavy atom. The van der Waals surface area contributed by atoms with Crippen LogP contribution >= 0.6 is 11.8 Å². The molecule has 1 saturated heterocycles. The maximum atomic E-state index is 12.9. The monoisotopic (exact) mass is 435 g/mol. The first-order chi connectivity index (χ1) is 14.2. The van der Waals surface area contributed by atoms with Crippen molar-refractivity contribution in [1.29, 1.82) is 0 Å². The fourth-order valence-electron chi connectivity index (χ4n) is 3.44. The molecule has 0 bridgehead atoms. The Balaban J connectivity index is 1.95. The minimum absolute atomic E-state index is 0.0611. The van der Waals surface area contributed by atoms with Crippen molar-refractivity contribution in [3.63, 3.8) is 0 Å². The van der Waals surface area contributed by atoms with Crippen LogP contribution in [0.4, 0.5) is 0 Å². The number of ether oxygens (including phenoxy) is 1. The molecule has 3 heterocycles. The van der Waals surface area contributed by atoms with Crippen LogP contribution in [0.2, 0.25) is 0 Å². The van der Waals surface area contributed by atoms with E-state index in [0.717, 1.165) is 24.0 Å². The lowest BCUT2D eigenvalue weighted by Gasteiger charge is -2.17. The Labute approximate surface area is 179 Å². The first kappa shape index (κ1) is 22.5. The third-order valence-electron chi connectivity index (χ3n) is 4.99. The van der Waals surface area contributed by atoms with Crippen LogP contribution in [0.1, 0.15) is 39.4 Å². The van der Waals surface area contributed by atoms with Crippen molar-refractivity contribution in [2.24, 2.45) is 13.0 Å². The second-order valence-electron chi connectivity index (χ2n) is 8.07. The molecular weight excluding hydrogens is 406 g/mol. The Bertz CT molecular complexity index is 1060. The van der Waals surface area contributed by atoms with E-state index in [-0.39, 0.29) is 23.3 Å². The van der Waals surface area contributed by atoms with Gasteiger partial charge in [0.05, 0.1) is 11.4 Å². The molecule has 164 valence electrons. The zero-order valence-electron chi connectivity index (χ0n) is 18.1. The minimum Gasteiger partial charge on any atom is -0.376 e. The fourth-order valence-corrected chi connectivity index (χ4v) is 4.45. The second-order valence-corrected chi connectivity index (χ2v) is 9.40. The van der Waals surface area contributed by atoms with E-state index in [9.17, 15) is 14.4 Å². The van der Waals surface area contributed by atoms with E-state index < -0.39 is 16.5 Å². The van der Waals surface area contributed by atoms with Gasteiger partial charge in [0.1, 0.15) is 16.2 Å². The highest BCUT2D eigenvalue weighted by molar-refractivity contribution is 8.00. The van der Waals surface area contributed by atoms with Gasteiger partial charge in [-0.1, -0.05) is 25.6 Å². The summed E-state index contributed by atoms with van der Waals surface area (Å²) in [6.07, 6.45) is 2.02. The van der Waals surface area contributed by atoms with Gasteiger partial charge in [-0.15, -0.1) is 0 Å². The predicted octanol–water partition coefficient (Wildman–Crippen LogP) is 1.23. The lowest BCUT2D eigenvalue weighted by Crippen LogP contribution is -2.40. The number of rotatable bonds is 7. The summed E-state index contributed by atoms with van der Waals surface area (Å²) in [5, 5.41) is 3.12. The molecule has 2 atom stereocenters. The fraction of sp³-hybridized carbons (Fsp3) is 0.650. The molecule has 30 heavy (non-hydrogen) atoms. The Hall–Kier alpha value is -2.20. The Morgan fingerprint density at radius 2 is 2.03 bits per heavy atom. The maximum Gasteiger partial charge on any atom is 0.332 e. The van der Waals surface area contributed by atoms with E-state index in [4.69, 9.17) is 4.74 Å². The second kappa shape index (κ2) is 9.30. The molecular formula is C20H29N5O4S. The lowest BCUT2D eigenvalue weighted by molar-refractivity contribution is -0.120. The lowest BCUT2D eigenvalue weighted by atomic mass is 10.2. The topological polar surface area (TPSA) is 108 Å². The first-order valence-corrected chi connectivity index (χ1v) is 11.1. The molecule has 1 aliphatic heterocycles. The van der Waals surface area contributed by atoms with E-state index in [1.807, 2.05) is 13.8 Å². The third-order valence-corrected chi connectivity index (χ3v) is 6.08.